The van der Waals surface area contributed by atoms with Gasteiger partial charge in [0.2, 0.25) is 10.0 Å². The Hall–Kier alpha value is -0.980. The number of rotatable bonds is 7. The van der Waals surface area contributed by atoms with Gasteiger partial charge in [0.05, 0.1) is 5.75 Å². The molecule has 1 aromatic carbocycles. The van der Waals surface area contributed by atoms with E-state index in [1.54, 1.807) is 12.1 Å². The zero-order valence-corrected chi connectivity index (χ0v) is 12.4. The summed E-state index contributed by atoms with van der Waals surface area (Å²) in [6, 6.07) is 6.48. The minimum Gasteiger partial charge on any atom is -0.313 e. The lowest BCUT2D eigenvalue weighted by Gasteiger charge is -2.16. The first-order valence-electron chi connectivity index (χ1n) is 6.19. The summed E-state index contributed by atoms with van der Waals surface area (Å²) in [5.41, 5.74) is 1.02. The van der Waals surface area contributed by atoms with Gasteiger partial charge in [0, 0.05) is 26.7 Å². The zero-order chi connectivity index (χ0) is 14.5. The smallest absolute Gasteiger partial charge is 0.214 e. The first kappa shape index (κ1) is 16.1. The highest BCUT2D eigenvalue weighted by Gasteiger charge is 2.13. The minimum absolute atomic E-state index is 0.0771. The van der Waals surface area contributed by atoms with Crippen molar-refractivity contribution in [3.05, 3.63) is 35.6 Å². The normalized spacial score (nSPS) is 13.7. The van der Waals surface area contributed by atoms with Crippen molar-refractivity contribution in [3.63, 3.8) is 0 Å². The quantitative estimate of drug-likeness (QED) is 0.821. The number of halogens is 1. The number of hydrogen-bond donors (Lipinski definition) is 1. The Kier molecular flexibility index (Phi) is 5.90. The molecule has 0 aliphatic heterocycles. The van der Waals surface area contributed by atoms with Crippen LogP contribution in [0.4, 0.5) is 4.39 Å². The van der Waals surface area contributed by atoms with Crippen LogP contribution in [-0.2, 0) is 16.4 Å². The molecular formula is C13H21FN2O2S. The molecule has 1 aromatic rings. The van der Waals surface area contributed by atoms with E-state index in [0.717, 1.165) is 12.0 Å². The van der Waals surface area contributed by atoms with E-state index in [1.165, 1.54) is 30.5 Å². The van der Waals surface area contributed by atoms with Crippen molar-refractivity contribution in [2.75, 3.05) is 26.4 Å². The summed E-state index contributed by atoms with van der Waals surface area (Å²) in [5, 5.41) is 3.16. The molecule has 108 valence electrons. The van der Waals surface area contributed by atoms with Gasteiger partial charge in [0.25, 0.3) is 0 Å². The van der Waals surface area contributed by atoms with Gasteiger partial charge in [-0.15, -0.1) is 0 Å². The second-order valence-electron chi connectivity index (χ2n) is 4.78. The molecule has 0 saturated carbocycles. The Labute approximate surface area is 114 Å². The predicted molar refractivity (Wildman–Crippen MR) is 75.0 cm³/mol. The van der Waals surface area contributed by atoms with E-state index in [0.29, 0.717) is 6.54 Å². The van der Waals surface area contributed by atoms with Gasteiger partial charge in [-0.1, -0.05) is 12.1 Å². The van der Waals surface area contributed by atoms with E-state index in [9.17, 15) is 12.8 Å². The minimum atomic E-state index is -3.15. The van der Waals surface area contributed by atoms with Crippen molar-refractivity contribution in [1.82, 2.24) is 9.62 Å². The van der Waals surface area contributed by atoms with E-state index in [-0.39, 0.29) is 17.6 Å². The van der Waals surface area contributed by atoms with Gasteiger partial charge in [-0.05, 0) is 31.0 Å². The van der Waals surface area contributed by atoms with Crippen molar-refractivity contribution in [2.24, 2.45) is 0 Å². The number of sulfonamides is 1. The van der Waals surface area contributed by atoms with Crippen molar-refractivity contribution < 1.29 is 12.8 Å². The van der Waals surface area contributed by atoms with Gasteiger partial charge in [0.15, 0.2) is 0 Å². The van der Waals surface area contributed by atoms with E-state index >= 15 is 0 Å². The van der Waals surface area contributed by atoms with Crippen LogP contribution in [0.2, 0.25) is 0 Å². The largest absolute Gasteiger partial charge is 0.313 e. The molecule has 0 fully saturated rings. The molecule has 0 bridgehead atoms. The van der Waals surface area contributed by atoms with Gasteiger partial charge >= 0.3 is 0 Å². The summed E-state index contributed by atoms with van der Waals surface area (Å²) in [6.45, 7) is 2.38. The SMILES string of the molecule is CC(Cc1ccc(F)cc1)NCCS(=O)(=O)N(C)C. The molecule has 6 heteroatoms. The van der Waals surface area contributed by atoms with Crippen molar-refractivity contribution in [2.45, 2.75) is 19.4 Å². The second-order valence-corrected chi connectivity index (χ2v) is 7.09. The standard InChI is InChI=1S/C13H21FN2O2S/c1-11(10-12-4-6-13(14)7-5-12)15-8-9-19(17,18)16(2)3/h4-7,11,15H,8-10H2,1-3H3. The Morgan fingerprint density at radius 2 is 1.84 bits per heavy atom. The lowest BCUT2D eigenvalue weighted by molar-refractivity contribution is 0.509. The van der Waals surface area contributed by atoms with E-state index < -0.39 is 10.0 Å². The maximum Gasteiger partial charge on any atom is 0.214 e. The molecule has 0 aliphatic carbocycles. The van der Waals surface area contributed by atoms with E-state index in [4.69, 9.17) is 0 Å². The van der Waals surface area contributed by atoms with Crippen molar-refractivity contribution >= 4 is 10.0 Å². The molecule has 4 nitrogen and oxygen atoms in total. The van der Waals surface area contributed by atoms with Crippen LogP contribution < -0.4 is 5.32 Å². The van der Waals surface area contributed by atoms with Gasteiger partial charge < -0.3 is 5.32 Å². The monoisotopic (exact) mass is 288 g/mol. The fourth-order valence-electron chi connectivity index (χ4n) is 1.66. The Morgan fingerprint density at radius 3 is 2.37 bits per heavy atom. The molecular weight excluding hydrogens is 267 g/mol. The molecule has 0 aromatic heterocycles. The molecule has 0 aliphatic rings. The number of benzene rings is 1. The van der Waals surface area contributed by atoms with Crippen molar-refractivity contribution in [3.8, 4) is 0 Å². The van der Waals surface area contributed by atoms with Gasteiger partial charge in [-0.25, -0.2) is 17.1 Å². The summed E-state index contributed by atoms with van der Waals surface area (Å²) >= 11 is 0. The molecule has 0 spiro atoms. The molecule has 19 heavy (non-hydrogen) atoms. The van der Waals surface area contributed by atoms with Crippen LogP contribution in [0.3, 0.4) is 0 Å². The summed E-state index contributed by atoms with van der Waals surface area (Å²) in [5.74, 6) is -0.172. The number of hydrogen-bond acceptors (Lipinski definition) is 3. The third-order valence-electron chi connectivity index (χ3n) is 2.86. The summed E-state index contributed by atoms with van der Waals surface area (Å²) < 4.78 is 37.1. The summed E-state index contributed by atoms with van der Waals surface area (Å²) in [4.78, 5) is 0. The Balaban J connectivity index is 2.36. The molecule has 0 heterocycles. The number of nitrogens with one attached hydrogen (secondary N) is 1. The average Bonchev–Trinajstić information content (AvgIpc) is 2.31. The van der Waals surface area contributed by atoms with Crippen LogP contribution in [0.1, 0.15) is 12.5 Å². The molecule has 1 atom stereocenters. The van der Waals surface area contributed by atoms with Gasteiger partial charge in [0.1, 0.15) is 5.82 Å². The number of nitrogens with zero attached hydrogens (tertiary/aromatic N) is 1. The first-order chi connectivity index (χ1) is 8.81. The maximum atomic E-state index is 12.7. The maximum absolute atomic E-state index is 12.7. The molecule has 1 unspecified atom stereocenters. The Bertz CT molecular complexity index is 486. The molecule has 0 saturated heterocycles. The highest BCUT2D eigenvalue weighted by molar-refractivity contribution is 7.89. The van der Waals surface area contributed by atoms with E-state index in [1.807, 2.05) is 6.92 Å². The van der Waals surface area contributed by atoms with Crippen LogP contribution in [0.15, 0.2) is 24.3 Å². The highest BCUT2D eigenvalue weighted by Crippen LogP contribution is 2.05. The van der Waals surface area contributed by atoms with Crippen LogP contribution in [-0.4, -0.2) is 45.2 Å². The van der Waals surface area contributed by atoms with Crippen LogP contribution >= 0.6 is 0 Å². The fraction of sp³-hybridized carbons (Fsp3) is 0.538. The first-order valence-corrected chi connectivity index (χ1v) is 7.80. The molecule has 0 amide bonds. The summed E-state index contributed by atoms with van der Waals surface area (Å²) in [7, 11) is -0.101. The lowest BCUT2D eigenvalue weighted by Crippen LogP contribution is -2.35. The Morgan fingerprint density at radius 1 is 1.26 bits per heavy atom. The summed E-state index contributed by atoms with van der Waals surface area (Å²) in [6.07, 6.45) is 0.738. The second kappa shape index (κ2) is 6.98. The lowest BCUT2D eigenvalue weighted by atomic mass is 10.1. The topological polar surface area (TPSA) is 49.4 Å². The third-order valence-corrected chi connectivity index (χ3v) is 4.70. The van der Waals surface area contributed by atoms with Gasteiger partial charge in [-0.3, -0.25) is 0 Å². The third kappa shape index (κ3) is 5.67. The van der Waals surface area contributed by atoms with E-state index in [2.05, 4.69) is 5.32 Å². The molecule has 0 radical (unpaired) electrons. The van der Waals surface area contributed by atoms with Gasteiger partial charge in [-0.2, -0.15) is 0 Å². The average molecular weight is 288 g/mol. The van der Waals surface area contributed by atoms with Crippen LogP contribution in [0.5, 0.6) is 0 Å². The molecule has 1 N–H and O–H groups in total. The highest BCUT2D eigenvalue weighted by atomic mass is 32.2. The van der Waals surface area contributed by atoms with Crippen LogP contribution in [0, 0.1) is 5.82 Å². The van der Waals surface area contributed by atoms with Crippen LogP contribution in [0.25, 0.3) is 0 Å². The predicted octanol–water partition coefficient (Wildman–Crippen LogP) is 1.24. The fourth-order valence-corrected chi connectivity index (χ4v) is 2.40. The molecule has 1 rings (SSSR count). The zero-order valence-electron chi connectivity index (χ0n) is 11.6. The van der Waals surface area contributed by atoms with Crippen molar-refractivity contribution in [1.29, 1.82) is 0 Å².